The number of carbonyl (C=O) groups excluding carboxylic acids is 2. The number of hydrogen-bond donors (Lipinski definition) is 3. The van der Waals surface area contributed by atoms with Crippen molar-refractivity contribution in [1.82, 2.24) is 10.6 Å². The lowest BCUT2D eigenvalue weighted by atomic mass is 9.99. The highest BCUT2D eigenvalue weighted by Crippen LogP contribution is 2.25. The van der Waals surface area contributed by atoms with Crippen LogP contribution in [0.25, 0.3) is 0 Å². The molecule has 6 heteroatoms. The molecule has 1 aromatic rings. The standard InChI is InChI=1S/C14H16FN3O2/c15-13-9-5-6-16-7-8(9)1-2-10(13)18-14(20)11-3-4-12(19)17-11/h1-2,11,16H,3-7H2,(H,17,19)(H,18,20)/t11-/m0/s1. The summed E-state index contributed by atoms with van der Waals surface area (Å²) < 4.78 is 14.3. The third-order valence-electron chi connectivity index (χ3n) is 3.78. The summed E-state index contributed by atoms with van der Waals surface area (Å²) in [4.78, 5) is 23.1. The van der Waals surface area contributed by atoms with Crippen LogP contribution in [0.3, 0.4) is 0 Å². The van der Waals surface area contributed by atoms with Crippen LogP contribution in [0.1, 0.15) is 24.0 Å². The average Bonchev–Trinajstić information content (AvgIpc) is 2.89. The van der Waals surface area contributed by atoms with Gasteiger partial charge in [0.05, 0.1) is 5.69 Å². The van der Waals surface area contributed by atoms with Crippen LogP contribution < -0.4 is 16.0 Å². The van der Waals surface area contributed by atoms with Gasteiger partial charge in [-0.25, -0.2) is 4.39 Å². The molecule has 0 aliphatic carbocycles. The molecule has 0 spiro atoms. The predicted molar refractivity (Wildman–Crippen MR) is 71.6 cm³/mol. The van der Waals surface area contributed by atoms with Crippen molar-refractivity contribution in [1.29, 1.82) is 0 Å². The minimum absolute atomic E-state index is 0.137. The molecule has 0 radical (unpaired) electrons. The first-order valence-corrected chi connectivity index (χ1v) is 6.76. The largest absolute Gasteiger partial charge is 0.344 e. The van der Waals surface area contributed by atoms with E-state index in [1.165, 1.54) is 0 Å². The molecule has 1 saturated heterocycles. The van der Waals surface area contributed by atoms with Gasteiger partial charge in [0, 0.05) is 13.0 Å². The second-order valence-corrected chi connectivity index (χ2v) is 5.14. The van der Waals surface area contributed by atoms with Crippen molar-refractivity contribution >= 4 is 17.5 Å². The molecule has 3 rings (SSSR count). The molecule has 106 valence electrons. The summed E-state index contributed by atoms with van der Waals surface area (Å²) in [6, 6.07) is 2.85. The molecule has 0 unspecified atom stereocenters. The van der Waals surface area contributed by atoms with Gasteiger partial charge in [-0.1, -0.05) is 6.07 Å². The molecule has 0 bridgehead atoms. The highest BCUT2D eigenvalue weighted by atomic mass is 19.1. The van der Waals surface area contributed by atoms with Crippen molar-refractivity contribution in [2.24, 2.45) is 0 Å². The highest BCUT2D eigenvalue weighted by Gasteiger charge is 2.28. The molecule has 1 atom stereocenters. The number of carbonyl (C=O) groups is 2. The fourth-order valence-corrected chi connectivity index (χ4v) is 2.66. The normalized spacial score (nSPS) is 21.2. The Morgan fingerprint density at radius 3 is 2.95 bits per heavy atom. The van der Waals surface area contributed by atoms with Crippen LogP contribution in [-0.2, 0) is 22.6 Å². The maximum Gasteiger partial charge on any atom is 0.247 e. The molecule has 0 aromatic heterocycles. The van der Waals surface area contributed by atoms with Crippen LogP contribution >= 0.6 is 0 Å². The lowest BCUT2D eigenvalue weighted by Crippen LogP contribution is -2.37. The van der Waals surface area contributed by atoms with Crippen molar-refractivity contribution in [3.63, 3.8) is 0 Å². The van der Waals surface area contributed by atoms with Gasteiger partial charge in [-0.15, -0.1) is 0 Å². The first-order valence-electron chi connectivity index (χ1n) is 6.76. The Hall–Kier alpha value is -1.95. The molecular weight excluding hydrogens is 261 g/mol. The summed E-state index contributed by atoms with van der Waals surface area (Å²) in [5, 5.41) is 8.32. The van der Waals surface area contributed by atoms with E-state index in [0.717, 1.165) is 12.1 Å². The van der Waals surface area contributed by atoms with E-state index in [2.05, 4.69) is 16.0 Å². The summed E-state index contributed by atoms with van der Waals surface area (Å²) in [5.41, 5.74) is 1.79. The molecule has 1 aromatic carbocycles. The van der Waals surface area contributed by atoms with Crippen molar-refractivity contribution in [2.45, 2.75) is 31.8 Å². The Bertz CT molecular complexity index is 574. The van der Waals surface area contributed by atoms with Gasteiger partial charge in [0.2, 0.25) is 11.8 Å². The van der Waals surface area contributed by atoms with Gasteiger partial charge in [-0.05, 0) is 36.6 Å². The molecule has 0 saturated carbocycles. The minimum atomic E-state index is -0.556. The molecule has 2 amide bonds. The number of rotatable bonds is 2. The van der Waals surface area contributed by atoms with Gasteiger partial charge in [0.25, 0.3) is 0 Å². The summed E-state index contributed by atoms with van der Waals surface area (Å²) in [6.07, 6.45) is 1.42. The van der Waals surface area contributed by atoms with E-state index in [-0.39, 0.29) is 23.3 Å². The SMILES string of the molecule is O=C1CC[C@@H](C(=O)Nc2ccc3c(c2F)CCNC3)N1. The van der Waals surface area contributed by atoms with E-state index in [1.807, 2.05) is 6.07 Å². The van der Waals surface area contributed by atoms with Crippen LogP contribution in [0.4, 0.5) is 10.1 Å². The van der Waals surface area contributed by atoms with E-state index >= 15 is 0 Å². The zero-order valence-corrected chi connectivity index (χ0v) is 11.0. The Morgan fingerprint density at radius 2 is 2.20 bits per heavy atom. The summed E-state index contributed by atoms with van der Waals surface area (Å²) in [6.45, 7) is 1.39. The van der Waals surface area contributed by atoms with Gasteiger partial charge < -0.3 is 16.0 Å². The number of anilines is 1. The van der Waals surface area contributed by atoms with E-state index in [4.69, 9.17) is 0 Å². The van der Waals surface area contributed by atoms with Gasteiger partial charge in [-0.2, -0.15) is 0 Å². The van der Waals surface area contributed by atoms with Crippen molar-refractivity contribution in [2.75, 3.05) is 11.9 Å². The highest BCUT2D eigenvalue weighted by molar-refractivity contribution is 5.99. The predicted octanol–water partition coefficient (Wildman–Crippen LogP) is 0.689. The quantitative estimate of drug-likeness (QED) is 0.745. The number of benzene rings is 1. The first kappa shape index (κ1) is 13.1. The molecule has 3 N–H and O–H groups in total. The van der Waals surface area contributed by atoms with Crippen LogP contribution in [0.15, 0.2) is 12.1 Å². The van der Waals surface area contributed by atoms with Crippen LogP contribution in [-0.4, -0.2) is 24.4 Å². The minimum Gasteiger partial charge on any atom is -0.344 e. The van der Waals surface area contributed by atoms with E-state index in [9.17, 15) is 14.0 Å². The van der Waals surface area contributed by atoms with E-state index in [0.29, 0.717) is 31.4 Å². The van der Waals surface area contributed by atoms with Crippen LogP contribution in [0, 0.1) is 5.82 Å². The lowest BCUT2D eigenvalue weighted by molar-refractivity contribution is -0.122. The molecule has 2 aliphatic heterocycles. The summed E-state index contributed by atoms with van der Waals surface area (Å²) >= 11 is 0. The molecule has 5 nitrogen and oxygen atoms in total. The molecular formula is C14H16FN3O2. The molecule has 2 aliphatic rings. The zero-order chi connectivity index (χ0) is 14.1. The maximum absolute atomic E-state index is 14.3. The Balaban J connectivity index is 1.77. The third-order valence-corrected chi connectivity index (χ3v) is 3.78. The fraction of sp³-hybridized carbons (Fsp3) is 0.429. The van der Waals surface area contributed by atoms with Crippen LogP contribution in [0.2, 0.25) is 0 Å². The number of hydrogen-bond acceptors (Lipinski definition) is 3. The molecule has 2 heterocycles. The monoisotopic (exact) mass is 277 g/mol. The van der Waals surface area contributed by atoms with Gasteiger partial charge >= 0.3 is 0 Å². The Morgan fingerprint density at radius 1 is 1.35 bits per heavy atom. The Kier molecular flexibility index (Phi) is 3.40. The first-order chi connectivity index (χ1) is 9.65. The second-order valence-electron chi connectivity index (χ2n) is 5.14. The number of fused-ring (bicyclic) bond motifs is 1. The van der Waals surface area contributed by atoms with E-state index < -0.39 is 6.04 Å². The fourth-order valence-electron chi connectivity index (χ4n) is 2.66. The van der Waals surface area contributed by atoms with Crippen molar-refractivity contribution in [3.05, 3.63) is 29.1 Å². The smallest absolute Gasteiger partial charge is 0.247 e. The maximum atomic E-state index is 14.3. The van der Waals surface area contributed by atoms with Gasteiger partial charge in [-0.3, -0.25) is 9.59 Å². The van der Waals surface area contributed by atoms with Crippen molar-refractivity contribution in [3.8, 4) is 0 Å². The summed E-state index contributed by atoms with van der Waals surface area (Å²) in [5.74, 6) is -0.854. The number of halogens is 1. The lowest BCUT2D eigenvalue weighted by Gasteiger charge is -2.20. The molecule has 1 fully saturated rings. The number of amides is 2. The number of nitrogens with one attached hydrogen (secondary N) is 3. The van der Waals surface area contributed by atoms with Crippen molar-refractivity contribution < 1.29 is 14.0 Å². The van der Waals surface area contributed by atoms with E-state index in [1.54, 1.807) is 6.07 Å². The second kappa shape index (κ2) is 5.20. The van der Waals surface area contributed by atoms with Gasteiger partial charge in [0.1, 0.15) is 11.9 Å². The molecule has 20 heavy (non-hydrogen) atoms. The topological polar surface area (TPSA) is 70.2 Å². The zero-order valence-electron chi connectivity index (χ0n) is 11.0. The third kappa shape index (κ3) is 2.38. The average molecular weight is 277 g/mol. The Labute approximate surface area is 115 Å². The summed E-state index contributed by atoms with van der Waals surface area (Å²) in [7, 11) is 0. The van der Waals surface area contributed by atoms with Crippen LogP contribution in [0.5, 0.6) is 0 Å². The van der Waals surface area contributed by atoms with Gasteiger partial charge in [0.15, 0.2) is 0 Å².